The van der Waals surface area contributed by atoms with E-state index in [1.165, 1.54) is 31.4 Å². The average molecular weight is 1040 g/mol. The van der Waals surface area contributed by atoms with E-state index >= 15 is 0 Å². The minimum Gasteiger partial charge on any atom is -0.508 e. The number of aromatic hydroxyl groups is 4. The number of piperidine rings is 1. The van der Waals surface area contributed by atoms with E-state index in [0.717, 1.165) is 5.56 Å². The van der Waals surface area contributed by atoms with Gasteiger partial charge in [-0.1, -0.05) is 38.1 Å². The molecule has 21 nitrogen and oxygen atoms in total. The Labute approximate surface area is 430 Å². The molecule has 2 aliphatic heterocycles. The molecule has 1 aromatic heterocycles. The Morgan fingerprint density at radius 1 is 0.933 bits per heavy atom. The monoisotopic (exact) mass is 1040 g/mol. The second kappa shape index (κ2) is 21.1. The highest BCUT2D eigenvalue weighted by atomic mass is 16.7. The molecule has 0 bridgehead atoms. The number of Topliss-reactive ketones (excluding diaryl/α,β-unsaturated/α-hetero) is 1. The number of rotatable bonds is 15. The first-order valence-corrected chi connectivity index (χ1v) is 24.9. The number of nitrogens with one attached hydrogen (secondary N) is 1. The van der Waals surface area contributed by atoms with Crippen molar-refractivity contribution in [3.63, 3.8) is 0 Å². The standard InChI is InChI=1S/C54H61N5O16/c1-6-73-53(70)51-57-56-50(32-18-31(25(2)3)35(61)20-36(32)62)59(51)29-12-10-27(11-13-29)23-58-16-14-28(15-17-58)52(69)55-34-19-40(74-26(4)45(34)64)75-38-22-54(71,39(63)24-60)21-33-42(38)49(68)44-43(47(33)66)46(65)30-8-7-9-37(72-5)41(30)48(44)67/h7-13,18,20,25-26,28,34,38,40,45,53,60-62,64,66,68,70-71H,6,14-17,19,21-24H2,1-5H3,(H,55,69)/t26-,34?,38?,40-,45+,53?,54-/m0/s1. The molecule has 7 atom stereocenters. The summed E-state index contributed by atoms with van der Waals surface area (Å²) in [4.78, 5) is 57.2. The summed E-state index contributed by atoms with van der Waals surface area (Å²) < 4.78 is 24.8. The van der Waals surface area contributed by atoms with Crippen LogP contribution < -0.4 is 10.1 Å². The van der Waals surface area contributed by atoms with Crippen LogP contribution in [0.4, 0.5) is 0 Å². The predicted molar refractivity (Wildman–Crippen MR) is 265 cm³/mol. The van der Waals surface area contributed by atoms with E-state index in [1.54, 1.807) is 24.5 Å². The van der Waals surface area contributed by atoms with Crippen LogP contribution in [0, 0.1) is 5.92 Å². The molecule has 9 rings (SSSR count). The molecule has 5 aromatic rings. The lowest BCUT2D eigenvalue weighted by molar-refractivity contribution is -0.249. The number of benzene rings is 4. The molecule has 21 heteroatoms. The number of aliphatic hydroxyl groups excluding tert-OH is 3. The van der Waals surface area contributed by atoms with Crippen molar-refractivity contribution in [2.45, 2.75) is 115 Å². The first-order chi connectivity index (χ1) is 35.8. The Bertz CT molecular complexity index is 3040. The van der Waals surface area contributed by atoms with Gasteiger partial charge in [-0.3, -0.25) is 28.6 Å². The van der Waals surface area contributed by atoms with Crippen molar-refractivity contribution in [3.05, 3.63) is 105 Å². The van der Waals surface area contributed by atoms with Gasteiger partial charge in [-0.15, -0.1) is 10.2 Å². The number of amides is 1. The minimum absolute atomic E-state index is 0.0559. The maximum absolute atomic E-state index is 14.1. The van der Waals surface area contributed by atoms with Crippen molar-refractivity contribution < 1.29 is 79.0 Å². The Kier molecular flexibility index (Phi) is 14.9. The molecule has 0 saturated carbocycles. The van der Waals surface area contributed by atoms with Crippen LogP contribution in [-0.2, 0) is 36.8 Å². The normalized spacial score (nSPS) is 23.4. The van der Waals surface area contributed by atoms with Crippen LogP contribution in [0.3, 0.4) is 0 Å². The number of carbonyl (C=O) groups excluding carboxylic acids is 4. The number of ketones is 3. The molecular formula is C54H61N5O16. The number of fused-ring (bicyclic) bond motifs is 3. The van der Waals surface area contributed by atoms with Gasteiger partial charge >= 0.3 is 0 Å². The van der Waals surface area contributed by atoms with E-state index in [-0.39, 0.29) is 76.0 Å². The fraction of sp³-hybridized carbons (Fsp3) is 0.444. The minimum atomic E-state index is -2.36. The van der Waals surface area contributed by atoms with E-state index < -0.39 is 108 Å². The molecule has 2 fully saturated rings. The highest BCUT2D eigenvalue weighted by Crippen LogP contribution is 2.53. The Balaban J connectivity index is 0.879. The fourth-order valence-electron chi connectivity index (χ4n) is 10.9. The first-order valence-electron chi connectivity index (χ1n) is 24.9. The number of hydrogen-bond acceptors (Lipinski definition) is 19. The van der Waals surface area contributed by atoms with Crippen LogP contribution >= 0.6 is 0 Å². The van der Waals surface area contributed by atoms with Crippen molar-refractivity contribution in [1.82, 2.24) is 25.0 Å². The van der Waals surface area contributed by atoms with Crippen LogP contribution in [0.25, 0.3) is 17.1 Å². The summed E-state index contributed by atoms with van der Waals surface area (Å²) in [5.41, 5.74) is -1.65. The number of hydrogen-bond donors (Lipinski definition) is 9. The fourth-order valence-corrected chi connectivity index (χ4v) is 10.9. The highest BCUT2D eigenvalue weighted by Gasteiger charge is 2.50. The molecule has 4 aromatic carbocycles. The van der Waals surface area contributed by atoms with Gasteiger partial charge in [0.25, 0.3) is 0 Å². The lowest BCUT2D eigenvalue weighted by atomic mass is 9.72. The zero-order chi connectivity index (χ0) is 53.8. The van der Waals surface area contributed by atoms with Crippen molar-refractivity contribution >= 4 is 23.3 Å². The number of aromatic nitrogens is 3. The molecule has 3 unspecified atom stereocenters. The van der Waals surface area contributed by atoms with Crippen LogP contribution in [0.5, 0.6) is 28.7 Å². The van der Waals surface area contributed by atoms with Gasteiger partial charge in [-0.05, 0) is 81.1 Å². The number of nitrogens with zero attached hydrogens (tertiary/aromatic N) is 4. The summed E-state index contributed by atoms with van der Waals surface area (Å²) >= 11 is 0. The van der Waals surface area contributed by atoms with Gasteiger partial charge in [0.1, 0.15) is 47.1 Å². The predicted octanol–water partition coefficient (Wildman–Crippen LogP) is 3.88. The SMILES string of the molecule is CCOC(O)c1nnc(-c2cc(C(C)C)c(O)cc2O)n1-c1ccc(CN2CCC(C(=O)NC3C[C@H](OC4C[C@](O)(C(=O)CO)Cc5c(O)c6c(c(O)c54)C(=O)c4c(OC)cccc4C6=O)O[C@@H](C)[C@H]3O)CC2)cc1. The number of carbonyl (C=O) groups is 4. The molecule has 4 aliphatic rings. The Morgan fingerprint density at radius 3 is 2.31 bits per heavy atom. The summed E-state index contributed by atoms with van der Waals surface area (Å²) in [5, 5.41) is 100. The molecule has 2 saturated heterocycles. The molecule has 0 spiro atoms. The zero-order valence-corrected chi connectivity index (χ0v) is 42.0. The quantitative estimate of drug-likeness (QED) is 0.0521. The summed E-state index contributed by atoms with van der Waals surface area (Å²) in [6.45, 7) is 7.91. The third-order valence-corrected chi connectivity index (χ3v) is 14.9. The van der Waals surface area contributed by atoms with E-state index in [1.807, 2.05) is 38.1 Å². The van der Waals surface area contributed by atoms with E-state index in [4.69, 9.17) is 18.9 Å². The molecule has 398 valence electrons. The molecule has 75 heavy (non-hydrogen) atoms. The van der Waals surface area contributed by atoms with Gasteiger partial charge in [0.15, 0.2) is 29.5 Å². The molecule has 9 N–H and O–H groups in total. The van der Waals surface area contributed by atoms with Gasteiger partial charge < -0.3 is 65.1 Å². The van der Waals surface area contributed by atoms with Gasteiger partial charge in [0.2, 0.25) is 18.0 Å². The maximum atomic E-state index is 14.1. The molecule has 2 aliphatic carbocycles. The molecular weight excluding hydrogens is 975 g/mol. The van der Waals surface area contributed by atoms with Crippen molar-refractivity contribution in [2.75, 3.05) is 33.4 Å². The van der Waals surface area contributed by atoms with Crippen LogP contribution in [0.15, 0.2) is 54.6 Å². The lowest BCUT2D eigenvalue weighted by Gasteiger charge is -2.43. The van der Waals surface area contributed by atoms with Gasteiger partial charge in [-0.2, -0.15) is 0 Å². The van der Waals surface area contributed by atoms with Crippen LogP contribution in [0.1, 0.15) is 132 Å². The second-order valence-electron chi connectivity index (χ2n) is 19.9. The number of methoxy groups -OCH3 is 1. The number of ether oxygens (including phenoxy) is 4. The number of phenols is 4. The Hall–Kier alpha value is -6.82. The van der Waals surface area contributed by atoms with Crippen molar-refractivity contribution in [2.24, 2.45) is 5.92 Å². The van der Waals surface area contributed by atoms with Crippen LogP contribution in [0.2, 0.25) is 0 Å². The third kappa shape index (κ3) is 9.74. The number of phenolic OH excluding ortho intramolecular Hbond substituents is 4. The Morgan fingerprint density at radius 2 is 1.64 bits per heavy atom. The zero-order valence-electron chi connectivity index (χ0n) is 42.0. The summed E-state index contributed by atoms with van der Waals surface area (Å²) in [5.74, 6) is -4.83. The number of aliphatic hydroxyl groups is 4. The summed E-state index contributed by atoms with van der Waals surface area (Å²) in [6, 6.07) is 13.8. The van der Waals surface area contributed by atoms with E-state index in [9.17, 15) is 60.0 Å². The van der Waals surface area contributed by atoms with Gasteiger partial charge in [-0.25, -0.2) is 0 Å². The average Bonchev–Trinajstić information content (AvgIpc) is 3.83. The van der Waals surface area contributed by atoms with Crippen LogP contribution in [-0.4, -0.2) is 147 Å². The molecule has 0 radical (unpaired) electrons. The number of likely N-dealkylation sites (tertiary alicyclic amines) is 1. The third-order valence-electron chi connectivity index (χ3n) is 14.9. The first kappa shape index (κ1) is 53.0. The largest absolute Gasteiger partial charge is 0.508 e. The van der Waals surface area contributed by atoms with Crippen molar-refractivity contribution in [3.8, 4) is 45.8 Å². The maximum Gasteiger partial charge on any atom is 0.223 e. The van der Waals surface area contributed by atoms with Gasteiger partial charge in [0, 0.05) is 66.8 Å². The van der Waals surface area contributed by atoms with E-state index in [2.05, 4.69) is 20.4 Å². The second-order valence-corrected chi connectivity index (χ2v) is 19.9. The lowest BCUT2D eigenvalue weighted by Crippen LogP contribution is -2.57. The topological polar surface area (TPSA) is 313 Å². The smallest absolute Gasteiger partial charge is 0.223 e. The summed E-state index contributed by atoms with van der Waals surface area (Å²) in [7, 11) is 1.31. The van der Waals surface area contributed by atoms with Gasteiger partial charge in [0.05, 0.1) is 47.6 Å². The van der Waals surface area contributed by atoms with Crippen molar-refractivity contribution in [1.29, 1.82) is 0 Å². The molecule has 3 heterocycles. The summed E-state index contributed by atoms with van der Waals surface area (Å²) in [6.07, 6.45) is -6.64. The molecule has 1 amide bonds. The van der Waals surface area contributed by atoms with E-state index in [0.29, 0.717) is 49.3 Å². The highest BCUT2D eigenvalue weighted by molar-refractivity contribution is 6.31.